The first-order valence-electron chi connectivity index (χ1n) is 7.68. The topological polar surface area (TPSA) is 47.9 Å². The van der Waals surface area contributed by atoms with E-state index in [0.717, 1.165) is 42.7 Å². The quantitative estimate of drug-likeness (QED) is 0.930. The molecule has 2 aliphatic rings. The van der Waals surface area contributed by atoms with Crippen molar-refractivity contribution in [3.63, 3.8) is 0 Å². The van der Waals surface area contributed by atoms with Gasteiger partial charge in [-0.2, -0.15) is 0 Å². The monoisotopic (exact) mass is 292 g/mol. The Balaban J connectivity index is 1.81. The molecular weight excluding hydrogens is 268 g/mol. The van der Waals surface area contributed by atoms with E-state index < -0.39 is 6.10 Å². The normalized spacial score (nSPS) is 30.5. The molecule has 1 aromatic rings. The minimum absolute atomic E-state index is 0.180. The summed E-state index contributed by atoms with van der Waals surface area (Å²) < 4.78 is 16.9. The molecule has 21 heavy (non-hydrogen) atoms. The van der Waals surface area contributed by atoms with E-state index in [2.05, 4.69) is 0 Å². The summed E-state index contributed by atoms with van der Waals surface area (Å²) in [5, 5.41) is 10.8. The number of methoxy groups -OCH3 is 1. The van der Waals surface area contributed by atoms with Gasteiger partial charge in [0, 0.05) is 25.2 Å². The van der Waals surface area contributed by atoms with Gasteiger partial charge in [0.2, 0.25) is 0 Å². The second-order valence-electron chi connectivity index (χ2n) is 6.28. The largest absolute Gasteiger partial charge is 0.496 e. The molecule has 0 aliphatic carbocycles. The highest BCUT2D eigenvalue weighted by Crippen LogP contribution is 2.42. The minimum Gasteiger partial charge on any atom is -0.496 e. The van der Waals surface area contributed by atoms with Crippen LogP contribution in [0.5, 0.6) is 5.75 Å². The smallest absolute Gasteiger partial charge is 0.124 e. The summed E-state index contributed by atoms with van der Waals surface area (Å²) in [6, 6.07) is 5.96. The van der Waals surface area contributed by atoms with Gasteiger partial charge in [-0.1, -0.05) is 11.6 Å². The number of benzene rings is 1. The molecular formula is C17H24O4. The van der Waals surface area contributed by atoms with Gasteiger partial charge in [-0.15, -0.1) is 0 Å². The molecule has 1 spiro atoms. The van der Waals surface area contributed by atoms with E-state index in [4.69, 9.17) is 14.2 Å². The lowest BCUT2D eigenvalue weighted by molar-refractivity contribution is -0.117. The van der Waals surface area contributed by atoms with E-state index >= 15 is 0 Å². The molecule has 0 radical (unpaired) electrons. The summed E-state index contributed by atoms with van der Waals surface area (Å²) >= 11 is 0. The fraction of sp³-hybridized carbons (Fsp3) is 0.647. The molecule has 2 fully saturated rings. The number of aryl methyl sites for hydroxylation is 1. The standard InChI is InChI=1S/C17H24O4/c1-12-3-4-15(19-2)14(9-12)16(18)13-5-7-21-17(10-13)6-8-20-11-17/h3-4,9,13,16,18H,5-8,10-11H2,1-2H3. The van der Waals surface area contributed by atoms with Gasteiger partial charge in [-0.05, 0) is 37.8 Å². The number of rotatable bonds is 3. The van der Waals surface area contributed by atoms with Crippen LogP contribution in [0.25, 0.3) is 0 Å². The van der Waals surface area contributed by atoms with Crippen molar-refractivity contribution in [1.82, 2.24) is 0 Å². The molecule has 1 aromatic carbocycles. The number of hydrogen-bond donors (Lipinski definition) is 1. The lowest BCUT2D eigenvalue weighted by Crippen LogP contribution is -2.41. The molecule has 0 bridgehead atoms. The van der Waals surface area contributed by atoms with Crippen LogP contribution in [0.2, 0.25) is 0 Å². The van der Waals surface area contributed by atoms with E-state index in [1.165, 1.54) is 0 Å². The summed E-state index contributed by atoms with van der Waals surface area (Å²) in [7, 11) is 1.65. The van der Waals surface area contributed by atoms with Crippen LogP contribution in [0.1, 0.15) is 36.5 Å². The van der Waals surface area contributed by atoms with Crippen molar-refractivity contribution in [2.45, 2.75) is 37.9 Å². The zero-order valence-electron chi connectivity index (χ0n) is 12.8. The number of hydrogen-bond acceptors (Lipinski definition) is 4. The highest BCUT2D eigenvalue weighted by molar-refractivity contribution is 5.38. The fourth-order valence-electron chi connectivity index (χ4n) is 3.54. The molecule has 2 saturated heterocycles. The Morgan fingerprint density at radius 2 is 2.24 bits per heavy atom. The molecule has 1 N–H and O–H groups in total. The maximum Gasteiger partial charge on any atom is 0.124 e. The lowest BCUT2D eigenvalue weighted by Gasteiger charge is -2.39. The third kappa shape index (κ3) is 2.93. The zero-order valence-corrected chi connectivity index (χ0v) is 12.8. The van der Waals surface area contributed by atoms with Gasteiger partial charge in [-0.25, -0.2) is 0 Å². The molecule has 4 heteroatoms. The molecule has 0 aromatic heterocycles. The molecule has 4 nitrogen and oxygen atoms in total. The van der Waals surface area contributed by atoms with E-state index in [-0.39, 0.29) is 11.5 Å². The second kappa shape index (κ2) is 5.95. The third-order valence-electron chi connectivity index (χ3n) is 4.75. The van der Waals surface area contributed by atoms with Crippen LogP contribution in [0.4, 0.5) is 0 Å². The number of aliphatic hydroxyl groups is 1. The predicted molar refractivity (Wildman–Crippen MR) is 79.5 cm³/mol. The molecule has 0 amide bonds. The SMILES string of the molecule is COc1ccc(C)cc1C(O)C1CCOC2(CCOC2)C1. The molecule has 3 unspecified atom stereocenters. The van der Waals surface area contributed by atoms with Crippen molar-refractivity contribution in [1.29, 1.82) is 0 Å². The van der Waals surface area contributed by atoms with Crippen LogP contribution in [0.3, 0.4) is 0 Å². The number of ether oxygens (including phenoxy) is 3. The zero-order chi connectivity index (χ0) is 14.9. The van der Waals surface area contributed by atoms with Gasteiger partial charge in [0.25, 0.3) is 0 Å². The average molecular weight is 292 g/mol. The summed E-state index contributed by atoms with van der Waals surface area (Å²) in [4.78, 5) is 0. The Morgan fingerprint density at radius 1 is 1.38 bits per heavy atom. The van der Waals surface area contributed by atoms with Gasteiger partial charge in [-0.3, -0.25) is 0 Å². The van der Waals surface area contributed by atoms with Gasteiger partial charge in [0.05, 0.1) is 25.4 Å². The van der Waals surface area contributed by atoms with Gasteiger partial charge in [0.15, 0.2) is 0 Å². The van der Waals surface area contributed by atoms with Crippen LogP contribution < -0.4 is 4.74 Å². The first-order chi connectivity index (χ1) is 10.1. The molecule has 3 rings (SSSR count). The Morgan fingerprint density at radius 3 is 2.95 bits per heavy atom. The van der Waals surface area contributed by atoms with Crippen LogP contribution in [0, 0.1) is 12.8 Å². The first-order valence-corrected chi connectivity index (χ1v) is 7.68. The maximum atomic E-state index is 10.8. The van der Waals surface area contributed by atoms with E-state index in [9.17, 15) is 5.11 Å². The van der Waals surface area contributed by atoms with Crippen molar-refractivity contribution in [2.24, 2.45) is 5.92 Å². The van der Waals surface area contributed by atoms with Crippen LogP contribution >= 0.6 is 0 Å². The van der Waals surface area contributed by atoms with Crippen molar-refractivity contribution < 1.29 is 19.3 Å². The second-order valence-corrected chi connectivity index (χ2v) is 6.28. The van der Waals surface area contributed by atoms with Crippen LogP contribution in [-0.2, 0) is 9.47 Å². The summed E-state index contributed by atoms with van der Waals surface area (Å²) in [6.07, 6.45) is 2.15. The Bertz CT molecular complexity index is 494. The average Bonchev–Trinajstić information content (AvgIpc) is 2.94. The highest BCUT2D eigenvalue weighted by Gasteiger charge is 2.43. The van der Waals surface area contributed by atoms with E-state index in [1.807, 2.05) is 25.1 Å². The highest BCUT2D eigenvalue weighted by atomic mass is 16.6. The number of aliphatic hydroxyl groups excluding tert-OH is 1. The van der Waals surface area contributed by atoms with Gasteiger partial charge >= 0.3 is 0 Å². The Labute approximate surface area is 126 Å². The van der Waals surface area contributed by atoms with Crippen molar-refractivity contribution in [3.05, 3.63) is 29.3 Å². The molecule has 2 aliphatic heterocycles. The Kier molecular flexibility index (Phi) is 4.20. The van der Waals surface area contributed by atoms with Gasteiger partial charge < -0.3 is 19.3 Å². The molecule has 3 atom stereocenters. The van der Waals surface area contributed by atoms with Crippen molar-refractivity contribution in [3.8, 4) is 5.75 Å². The third-order valence-corrected chi connectivity index (χ3v) is 4.75. The Hall–Kier alpha value is -1.10. The van der Waals surface area contributed by atoms with Crippen molar-refractivity contribution in [2.75, 3.05) is 26.9 Å². The summed E-state index contributed by atoms with van der Waals surface area (Å²) in [6.45, 7) is 4.14. The maximum absolute atomic E-state index is 10.8. The first kappa shape index (κ1) is 14.8. The van der Waals surface area contributed by atoms with E-state index in [1.54, 1.807) is 7.11 Å². The molecule has 0 saturated carbocycles. The van der Waals surface area contributed by atoms with Crippen LogP contribution in [-0.4, -0.2) is 37.6 Å². The molecule has 116 valence electrons. The van der Waals surface area contributed by atoms with Gasteiger partial charge in [0.1, 0.15) is 5.75 Å². The lowest BCUT2D eigenvalue weighted by atomic mass is 9.80. The fourth-order valence-corrected chi connectivity index (χ4v) is 3.54. The predicted octanol–water partition coefficient (Wildman–Crippen LogP) is 2.62. The summed E-state index contributed by atoms with van der Waals surface area (Å²) in [5.41, 5.74) is 1.84. The minimum atomic E-state index is -0.513. The molecule has 2 heterocycles. The summed E-state index contributed by atoms with van der Waals surface area (Å²) in [5.74, 6) is 0.951. The van der Waals surface area contributed by atoms with Crippen LogP contribution in [0.15, 0.2) is 18.2 Å². The van der Waals surface area contributed by atoms with E-state index in [0.29, 0.717) is 13.2 Å². The van der Waals surface area contributed by atoms with Crippen molar-refractivity contribution >= 4 is 0 Å².